The number of phenolic OH excluding ortho intramolecular Hbond substituents is 3. The molecular weight excluding hydrogens is 536 g/mol. The standard InChI is InChI=1S/C26H28O14/c1-37-14-4-8(2-3-9(14)27)13-5-10(28)15-20(33)16(25-22(35)18(31)11(29)6-38-25)21(34)17(24(15)40-13)26-23(36)19(32)12(30)7-39-26/h2-5,11-12,18-19,22-23,25-27,29-36H,6-7H2,1H3/t11-,12-,18-,19-,22+,23+,25-,26+/m0/s1. The number of aliphatic hydroxyl groups is 6. The maximum Gasteiger partial charge on any atom is 0.197 e. The van der Waals surface area contributed by atoms with E-state index in [2.05, 4.69) is 0 Å². The number of phenols is 3. The molecule has 3 heterocycles. The summed E-state index contributed by atoms with van der Waals surface area (Å²) >= 11 is 0. The first kappa shape index (κ1) is 28.1. The Hall–Kier alpha value is -3.47. The average molecular weight is 564 g/mol. The Kier molecular flexibility index (Phi) is 7.37. The molecule has 3 aromatic rings. The fourth-order valence-corrected chi connectivity index (χ4v) is 5.03. The van der Waals surface area contributed by atoms with Crippen molar-refractivity contribution in [2.75, 3.05) is 20.3 Å². The van der Waals surface area contributed by atoms with Crippen molar-refractivity contribution in [3.8, 4) is 34.3 Å². The van der Waals surface area contributed by atoms with Gasteiger partial charge in [-0.1, -0.05) is 0 Å². The number of methoxy groups -OCH3 is 1. The van der Waals surface area contributed by atoms with E-state index in [9.17, 15) is 50.8 Å². The molecule has 40 heavy (non-hydrogen) atoms. The molecule has 14 heteroatoms. The van der Waals surface area contributed by atoms with Gasteiger partial charge in [0.05, 0.1) is 31.5 Å². The third-order valence-electron chi connectivity index (χ3n) is 7.23. The molecule has 0 radical (unpaired) electrons. The normalized spacial score (nSPS) is 30.9. The van der Waals surface area contributed by atoms with E-state index in [0.717, 1.165) is 6.07 Å². The lowest BCUT2D eigenvalue weighted by molar-refractivity contribution is -0.191. The van der Waals surface area contributed by atoms with Gasteiger partial charge in [0.1, 0.15) is 71.5 Å². The summed E-state index contributed by atoms with van der Waals surface area (Å²) in [4.78, 5) is 13.4. The van der Waals surface area contributed by atoms with Crippen LogP contribution in [0.25, 0.3) is 22.3 Å². The van der Waals surface area contributed by atoms with Crippen LogP contribution in [0.3, 0.4) is 0 Å². The second-order valence-electron chi connectivity index (χ2n) is 9.70. The molecular formula is C26H28O14. The summed E-state index contributed by atoms with van der Waals surface area (Å²) in [6.45, 7) is -0.995. The van der Waals surface area contributed by atoms with Gasteiger partial charge in [-0.05, 0) is 18.2 Å². The highest BCUT2D eigenvalue weighted by Crippen LogP contribution is 2.50. The van der Waals surface area contributed by atoms with E-state index in [1.807, 2.05) is 0 Å². The first-order valence-electron chi connectivity index (χ1n) is 12.2. The van der Waals surface area contributed by atoms with E-state index in [4.69, 9.17) is 18.6 Å². The van der Waals surface area contributed by atoms with Crippen molar-refractivity contribution in [1.29, 1.82) is 0 Å². The Labute approximate surface area is 225 Å². The fourth-order valence-electron chi connectivity index (χ4n) is 5.03. The van der Waals surface area contributed by atoms with Gasteiger partial charge in [-0.2, -0.15) is 0 Å². The molecule has 0 spiro atoms. The van der Waals surface area contributed by atoms with Crippen molar-refractivity contribution < 1.29 is 64.6 Å². The lowest BCUT2D eigenvalue weighted by Crippen LogP contribution is -2.49. The fraction of sp³-hybridized carbons (Fsp3) is 0.423. The molecule has 14 nitrogen and oxygen atoms in total. The van der Waals surface area contributed by atoms with E-state index >= 15 is 0 Å². The van der Waals surface area contributed by atoms with Crippen molar-refractivity contribution in [1.82, 2.24) is 0 Å². The molecule has 0 unspecified atom stereocenters. The Balaban J connectivity index is 1.80. The summed E-state index contributed by atoms with van der Waals surface area (Å²) in [6, 6.07) is 5.05. The molecule has 8 atom stereocenters. The summed E-state index contributed by atoms with van der Waals surface area (Å²) in [5, 5.41) is 93.8. The SMILES string of the molecule is COc1cc(-c2cc(=O)c3c(O)c([C@@H]4OC[C@H](O)[C@H](O)[C@H]4O)c(O)c([C@H]4OC[C@H](O)[C@H](O)[C@H]4O)c3o2)ccc1O. The maximum atomic E-state index is 13.4. The van der Waals surface area contributed by atoms with Crippen molar-refractivity contribution >= 4 is 11.0 Å². The van der Waals surface area contributed by atoms with Gasteiger partial charge < -0.3 is 64.6 Å². The monoisotopic (exact) mass is 564 g/mol. The second kappa shape index (κ2) is 10.5. The molecule has 0 saturated carbocycles. The molecule has 2 fully saturated rings. The Bertz CT molecular complexity index is 1480. The first-order chi connectivity index (χ1) is 19.0. The van der Waals surface area contributed by atoms with Gasteiger partial charge in [0.15, 0.2) is 22.5 Å². The molecule has 2 aromatic carbocycles. The highest BCUT2D eigenvalue weighted by Gasteiger charge is 2.46. The predicted molar refractivity (Wildman–Crippen MR) is 133 cm³/mol. The summed E-state index contributed by atoms with van der Waals surface area (Å²) in [5.74, 6) is -2.00. The zero-order chi connectivity index (χ0) is 29.0. The lowest BCUT2D eigenvalue weighted by Gasteiger charge is -2.38. The van der Waals surface area contributed by atoms with Crippen LogP contribution in [0.2, 0.25) is 0 Å². The Morgan fingerprint density at radius 2 is 1.35 bits per heavy atom. The van der Waals surface area contributed by atoms with Crippen LogP contribution < -0.4 is 10.2 Å². The van der Waals surface area contributed by atoms with Crippen molar-refractivity contribution in [3.63, 3.8) is 0 Å². The van der Waals surface area contributed by atoms with Gasteiger partial charge in [-0.15, -0.1) is 0 Å². The molecule has 0 aliphatic carbocycles. The molecule has 0 amide bonds. The number of ether oxygens (including phenoxy) is 3. The Morgan fingerprint density at radius 3 is 1.93 bits per heavy atom. The summed E-state index contributed by atoms with van der Waals surface area (Å²) in [7, 11) is 1.31. The maximum absolute atomic E-state index is 13.4. The minimum atomic E-state index is -1.87. The Morgan fingerprint density at radius 1 is 0.775 bits per heavy atom. The molecule has 2 aliphatic rings. The van der Waals surface area contributed by atoms with Crippen molar-refractivity contribution in [2.45, 2.75) is 48.8 Å². The molecule has 1 aromatic heterocycles. The van der Waals surface area contributed by atoms with E-state index < -0.39 is 101 Å². The topological polar surface area (TPSA) is 240 Å². The predicted octanol–water partition coefficient (Wildman–Crippen LogP) is -1.11. The smallest absolute Gasteiger partial charge is 0.197 e. The lowest BCUT2D eigenvalue weighted by atomic mass is 9.87. The molecule has 216 valence electrons. The van der Waals surface area contributed by atoms with Crippen molar-refractivity contribution in [2.24, 2.45) is 0 Å². The number of aromatic hydroxyl groups is 3. The van der Waals surface area contributed by atoms with Gasteiger partial charge in [0.2, 0.25) is 0 Å². The number of hydrogen-bond acceptors (Lipinski definition) is 14. The molecule has 2 aliphatic heterocycles. The zero-order valence-electron chi connectivity index (χ0n) is 20.9. The number of fused-ring (bicyclic) bond motifs is 1. The number of benzene rings is 2. The zero-order valence-corrected chi connectivity index (χ0v) is 20.9. The van der Waals surface area contributed by atoms with Gasteiger partial charge in [0, 0.05) is 11.6 Å². The molecule has 2 saturated heterocycles. The van der Waals surface area contributed by atoms with Crippen LogP contribution in [0, 0.1) is 0 Å². The van der Waals surface area contributed by atoms with Gasteiger partial charge in [-0.3, -0.25) is 4.79 Å². The van der Waals surface area contributed by atoms with Gasteiger partial charge in [-0.25, -0.2) is 0 Å². The van der Waals surface area contributed by atoms with Crippen LogP contribution in [0.1, 0.15) is 23.3 Å². The average Bonchev–Trinajstić information content (AvgIpc) is 2.92. The van der Waals surface area contributed by atoms with Crippen LogP contribution >= 0.6 is 0 Å². The minimum absolute atomic E-state index is 0.0498. The van der Waals surface area contributed by atoms with Crippen LogP contribution in [-0.2, 0) is 9.47 Å². The van der Waals surface area contributed by atoms with Crippen LogP contribution in [0.15, 0.2) is 33.5 Å². The van der Waals surface area contributed by atoms with Crippen LogP contribution in [-0.4, -0.2) is 103 Å². The number of rotatable bonds is 4. The van der Waals surface area contributed by atoms with Gasteiger partial charge in [0.25, 0.3) is 0 Å². The van der Waals surface area contributed by atoms with E-state index in [-0.39, 0.29) is 22.8 Å². The van der Waals surface area contributed by atoms with E-state index in [1.54, 1.807) is 0 Å². The van der Waals surface area contributed by atoms with Gasteiger partial charge >= 0.3 is 0 Å². The van der Waals surface area contributed by atoms with E-state index in [1.165, 1.54) is 25.3 Å². The highest BCUT2D eigenvalue weighted by molar-refractivity contribution is 5.92. The largest absolute Gasteiger partial charge is 0.507 e. The van der Waals surface area contributed by atoms with Crippen LogP contribution in [0.5, 0.6) is 23.0 Å². The highest BCUT2D eigenvalue weighted by atomic mass is 16.5. The molecule has 0 bridgehead atoms. The molecule has 9 N–H and O–H groups in total. The summed E-state index contributed by atoms with van der Waals surface area (Å²) < 4.78 is 22.0. The number of hydrogen-bond donors (Lipinski definition) is 9. The summed E-state index contributed by atoms with van der Waals surface area (Å²) in [5.41, 5.74) is -2.07. The second-order valence-corrected chi connectivity index (χ2v) is 9.70. The summed E-state index contributed by atoms with van der Waals surface area (Å²) in [6.07, 6.45) is -13.5. The van der Waals surface area contributed by atoms with E-state index in [0.29, 0.717) is 0 Å². The quantitative estimate of drug-likeness (QED) is 0.183. The first-order valence-corrected chi connectivity index (χ1v) is 12.2. The third kappa shape index (κ3) is 4.44. The van der Waals surface area contributed by atoms with Crippen LogP contribution in [0.4, 0.5) is 0 Å². The number of aliphatic hydroxyl groups excluding tert-OH is 6. The molecule has 5 rings (SSSR count). The minimum Gasteiger partial charge on any atom is -0.507 e. The van der Waals surface area contributed by atoms with Crippen molar-refractivity contribution in [3.05, 3.63) is 45.6 Å². The third-order valence-corrected chi connectivity index (χ3v) is 7.23.